The van der Waals surface area contributed by atoms with Crippen LogP contribution < -0.4 is 0 Å². The standard InChI is InChI=1S/3CHNS.CNS/c4*2-1-3/h3*3H;/q;;;-1/p+1. The Labute approximate surface area is 94.0 Å². The van der Waals surface area contributed by atoms with E-state index in [2.05, 4.69) is 50.1 Å². The van der Waals surface area contributed by atoms with Gasteiger partial charge in [-0.3, -0.25) is 0 Å². The fourth-order valence-corrected chi connectivity index (χ4v) is 0. The number of nitrogens with zero attached hydrogens (tertiary/aromatic N) is 4. The van der Waals surface area contributed by atoms with Gasteiger partial charge in [0.05, 0.1) is 0 Å². The van der Waals surface area contributed by atoms with Crippen molar-refractivity contribution in [1.82, 2.24) is 0 Å². The number of thiocarbonyl (C=S) groups is 1. The summed E-state index contributed by atoms with van der Waals surface area (Å²) in [7, 11) is 0. The summed E-state index contributed by atoms with van der Waals surface area (Å²) in [4.78, 5) is 0. The number of rotatable bonds is 0. The first-order valence-electron chi connectivity index (χ1n) is 1.77. The molecule has 0 unspecified atom stereocenters. The first kappa shape index (κ1) is 22.5. The maximum atomic E-state index is 7.18. The van der Waals surface area contributed by atoms with E-state index in [4.69, 9.17) is 21.2 Å². The van der Waals surface area contributed by atoms with Crippen molar-refractivity contribution in [2.45, 2.75) is 0 Å². The van der Waals surface area contributed by atoms with Gasteiger partial charge in [-0.05, 0) is 0 Å². The van der Waals surface area contributed by atoms with Crippen LogP contribution in [-0.4, -0.2) is 5.16 Å². The molecule has 0 saturated carbocycles. The van der Waals surface area contributed by atoms with Crippen molar-refractivity contribution < 1.29 is 1.43 Å². The van der Waals surface area contributed by atoms with Crippen LogP contribution >= 0.6 is 50.1 Å². The average molecular weight is 236 g/mol. The molecule has 0 amide bonds. The maximum absolute atomic E-state index is 7.18. The molecule has 12 heavy (non-hydrogen) atoms. The number of hydrogen-bond donors (Lipinski definition) is 3. The molecule has 0 atom stereocenters. The van der Waals surface area contributed by atoms with Gasteiger partial charge in [0.15, 0.2) is 0 Å². The van der Waals surface area contributed by atoms with Crippen LogP contribution in [0.2, 0.25) is 0 Å². The summed E-state index contributed by atoms with van der Waals surface area (Å²) in [5.41, 5.74) is 0. The molecule has 0 aliphatic carbocycles. The summed E-state index contributed by atoms with van der Waals surface area (Å²) in [5, 5.41) is 34.4. The van der Waals surface area contributed by atoms with Gasteiger partial charge in [-0.25, -0.2) is 0 Å². The van der Waals surface area contributed by atoms with E-state index in [-0.39, 0.29) is 1.43 Å². The molecule has 0 spiro atoms. The number of thiocyanates is 3. The Morgan fingerprint density at radius 3 is 1.00 bits per heavy atom. The summed E-state index contributed by atoms with van der Waals surface area (Å²) in [5.74, 6) is 0. The van der Waals surface area contributed by atoms with E-state index in [0.717, 1.165) is 0 Å². The molecule has 0 aliphatic heterocycles. The average Bonchev–Trinajstić information content (AvgIpc) is 1.92. The van der Waals surface area contributed by atoms with Gasteiger partial charge in [-0.15, -0.1) is 0 Å². The summed E-state index contributed by atoms with van der Waals surface area (Å²) < 4.78 is 0. The van der Waals surface area contributed by atoms with E-state index in [0.29, 0.717) is 0 Å². The second kappa shape index (κ2) is 81.3. The smallest absolute Gasteiger partial charge is 0.753 e. The molecular weight excluding hydrogens is 232 g/mol. The monoisotopic (exact) mass is 236 g/mol. The first-order valence-corrected chi connectivity index (χ1v) is 3.52. The molecule has 4 nitrogen and oxygen atoms in total. The Morgan fingerprint density at radius 1 is 1.00 bits per heavy atom. The second-order valence-corrected chi connectivity index (χ2v) is 1.17. The summed E-state index contributed by atoms with van der Waals surface area (Å²) in [6.07, 6.45) is 0. The lowest BCUT2D eigenvalue weighted by molar-refractivity contribution is 1.57. The molecule has 0 heterocycles. The molecule has 0 N–H and O–H groups in total. The van der Waals surface area contributed by atoms with E-state index in [9.17, 15) is 0 Å². The lowest BCUT2D eigenvalue weighted by Gasteiger charge is -1.37. The van der Waals surface area contributed by atoms with Crippen molar-refractivity contribution >= 4 is 55.3 Å². The largest absolute Gasteiger partial charge is 1.00 e. The van der Waals surface area contributed by atoms with Gasteiger partial charge < -0.3 is 5.41 Å². The van der Waals surface area contributed by atoms with Crippen molar-refractivity contribution in [1.29, 1.82) is 15.8 Å². The van der Waals surface area contributed by atoms with Crippen LogP contribution in [0.15, 0.2) is 0 Å². The van der Waals surface area contributed by atoms with Crippen LogP contribution in [-0.2, 0) is 0 Å². The highest BCUT2D eigenvalue weighted by molar-refractivity contribution is 7.85. The molecule has 0 rings (SSSR count). The SMILES string of the molecule is N#CS.N#CS.N#CS.[H+].[N-]=C=S. The van der Waals surface area contributed by atoms with Gasteiger partial charge >= 0.3 is 1.43 Å². The molecule has 0 aromatic heterocycles. The van der Waals surface area contributed by atoms with Gasteiger partial charge in [-0.2, -0.15) is 20.9 Å². The quantitative estimate of drug-likeness (QED) is 0.259. The first-order chi connectivity index (χ1) is 5.66. The predicted molar refractivity (Wildman–Crippen MR) is 60.9 cm³/mol. The normalized spacial score (nSPS) is 2.67. The fourth-order valence-electron chi connectivity index (χ4n) is 0. The Kier molecular flexibility index (Phi) is 152. The van der Waals surface area contributed by atoms with Crippen LogP contribution in [0.4, 0.5) is 0 Å². The van der Waals surface area contributed by atoms with Gasteiger partial charge in [0.2, 0.25) is 0 Å². The lowest BCUT2D eigenvalue weighted by atomic mass is 11.8. The van der Waals surface area contributed by atoms with E-state index >= 15 is 0 Å². The minimum absolute atomic E-state index is 0. The Hall–Kier alpha value is -0.680. The summed E-state index contributed by atoms with van der Waals surface area (Å²) in [6.45, 7) is 0. The predicted octanol–water partition coefficient (Wildman–Crippen LogP) is 1.96. The maximum Gasteiger partial charge on any atom is 1.00 e. The minimum atomic E-state index is 0. The van der Waals surface area contributed by atoms with Crippen LogP contribution in [0.3, 0.4) is 0 Å². The van der Waals surface area contributed by atoms with Crippen molar-refractivity contribution in [3.05, 3.63) is 5.41 Å². The van der Waals surface area contributed by atoms with Crippen molar-refractivity contribution in [2.24, 2.45) is 0 Å². The topological polar surface area (TPSA) is 93.7 Å². The zero-order valence-corrected chi connectivity index (χ0v) is 9.04. The van der Waals surface area contributed by atoms with Crippen LogP contribution in [0.25, 0.3) is 5.41 Å². The van der Waals surface area contributed by atoms with E-state index < -0.39 is 0 Å². The molecule has 0 aromatic rings. The highest BCUT2D eigenvalue weighted by Gasteiger charge is 1.18. The van der Waals surface area contributed by atoms with Crippen LogP contribution in [0.1, 0.15) is 1.43 Å². The van der Waals surface area contributed by atoms with Crippen LogP contribution in [0.5, 0.6) is 0 Å². The van der Waals surface area contributed by atoms with E-state index in [1.165, 1.54) is 21.4 Å². The molecule has 0 fully saturated rings. The highest BCUT2D eigenvalue weighted by atomic mass is 32.1. The van der Waals surface area contributed by atoms with Gasteiger partial charge in [-0.1, -0.05) is 50.1 Å². The minimum Gasteiger partial charge on any atom is -0.753 e. The Morgan fingerprint density at radius 2 is 1.00 bits per heavy atom. The van der Waals surface area contributed by atoms with E-state index in [1.807, 2.05) is 0 Å². The number of isothiocyanates is 1. The Balaban J connectivity index is -0.0000000213. The molecule has 64 valence electrons. The number of hydrogen-bond acceptors (Lipinski definition) is 7. The fraction of sp³-hybridized carbons (Fsp3) is 0. The summed E-state index contributed by atoms with van der Waals surface area (Å²) >= 11 is 13.0. The second-order valence-electron chi connectivity index (χ2n) is 0.391. The lowest BCUT2D eigenvalue weighted by Crippen LogP contribution is -0.979. The van der Waals surface area contributed by atoms with Crippen molar-refractivity contribution in [2.75, 3.05) is 0 Å². The van der Waals surface area contributed by atoms with Crippen LogP contribution in [0, 0.1) is 32.0 Å². The zero-order chi connectivity index (χ0) is 10.8. The number of thiol groups is 3. The molecule has 0 saturated heterocycles. The molecule has 0 radical (unpaired) electrons. The van der Waals surface area contributed by atoms with E-state index in [1.54, 1.807) is 0 Å². The third kappa shape index (κ3) is 1400. The third-order valence-corrected chi connectivity index (χ3v) is 0. The molecule has 0 bridgehead atoms. The zero-order valence-electron chi connectivity index (χ0n) is 6.54. The highest BCUT2D eigenvalue weighted by Crippen LogP contribution is 1.47. The van der Waals surface area contributed by atoms with Crippen molar-refractivity contribution in [3.8, 4) is 16.2 Å². The Bertz CT molecular complexity index is 177. The molecule has 8 heteroatoms. The number of nitriles is 3. The molecule has 0 aliphatic rings. The van der Waals surface area contributed by atoms with Crippen molar-refractivity contribution in [3.63, 3.8) is 0 Å². The molecule has 0 aromatic carbocycles. The molecular formula is C4H4N4S4. The van der Waals surface area contributed by atoms with Gasteiger partial charge in [0, 0.05) is 0 Å². The van der Waals surface area contributed by atoms with Gasteiger partial charge in [0.1, 0.15) is 16.2 Å². The third-order valence-electron chi connectivity index (χ3n) is 0. The van der Waals surface area contributed by atoms with Gasteiger partial charge in [0.25, 0.3) is 0 Å². The summed E-state index contributed by atoms with van der Waals surface area (Å²) in [6, 6.07) is 0.